The lowest BCUT2D eigenvalue weighted by atomic mass is 10.0. The molecule has 13 heteroatoms. The third kappa shape index (κ3) is 10.6. The Morgan fingerprint density at radius 3 is 2.40 bits per heavy atom. The van der Waals surface area contributed by atoms with Gasteiger partial charge in [0.1, 0.15) is 11.3 Å². The SMILES string of the molecule is CC(C)(C)OC(=O)Nc1ccccc1NC(=O)c1ccc(C(CCCCN2CCOCC2)NC(=O)Nc2nccs2)cn1. The summed E-state index contributed by atoms with van der Waals surface area (Å²) in [4.78, 5) is 49.0. The Labute approximate surface area is 255 Å². The van der Waals surface area contributed by atoms with Crippen LogP contribution in [0.3, 0.4) is 0 Å². The summed E-state index contributed by atoms with van der Waals surface area (Å²) >= 11 is 1.34. The topological polar surface area (TPSA) is 147 Å². The van der Waals surface area contributed by atoms with E-state index in [0.717, 1.165) is 51.3 Å². The van der Waals surface area contributed by atoms with Crippen LogP contribution in [0.2, 0.25) is 0 Å². The highest BCUT2D eigenvalue weighted by Gasteiger charge is 2.20. The summed E-state index contributed by atoms with van der Waals surface area (Å²) in [5, 5.41) is 13.6. The number of carbonyl (C=O) groups is 3. The van der Waals surface area contributed by atoms with Crippen molar-refractivity contribution in [2.24, 2.45) is 0 Å². The second-order valence-electron chi connectivity index (χ2n) is 11.0. The van der Waals surface area contributed by atoms with Gasteiger partial charge in [0.05, 0.1) is 30.6 Å². The fraction of sp³-hybridized carbons (Fsp3) is 0.433. The van der Waals surface area contributed by atoms with Gasteiger partial charge in [-0.25, -0.2) is 14.6 Å². The molecule has 3 heterocycles. The van der Waals surface area contributed by atoms with Crippen LogP contribution in [-0.2, 0) is 9.47 Å². The lowest BCUT2D eigenvalue weighted by Gasteiger charge is -2.26. The number of amides is 4. The number of pyridine rings is 1. The Kier molecular flexibility index (Phi) is 11.4. The van der Waals surface area contributed by atoms with E-state index in [1.807, 2.05) is 0 Å². The number of unbranched alkanes of at least 4 members (excludes halogenated alkanes) is 1. The summed E-state index contributed by atoms with van der Waals surface area (Å²) in [6.07, 6.45) is 5.19. The number of carbonyl (C=O) groups excluding carboxylic acids is 3. The van der Waals surface area contributed by atoms with E-state index in [9.17, 15) is 14.4 Å². The van der Waals surface area contributed by atoms with E-state index in [2.05, 4.69) is 36.1 Å². The zero-order valence-electron chi connectivity index (χ0n) is 24.7. The van der Waals surface area contributed by atoms with Gasteiger partial charge in [0.25, 0.3) is 5.91 Å². The van der Waals surface area contributed by atoms with Gasteiger partial charge in [-0.05, 0) is 70.3 Å². The Hall–Kier alpha value is -4.07. The van der Waals surface area contributed by atoms with E-state index in [1.165, 1.54) is 11.3 Å². The van der Waals surface area contributed by atoms with Gasteiger partial charge in [-0.1, -0.05) is 18.2 Å². The number of hydrogen-bond donors (Lipinski definition) is 4. The maximum atomic E-state index is 13.1. The summed E-state index contributed by atoms with van der Waals surface area (Å²) in [7, 11) is 0. The number of benzene rings is 1. The van der Waals surface area contributed by atoms with E-state index in [4.69, 9.17) is 9.47 Å². The summed E-state index contributed by atoms with van der Waals surface area (Å²) in [5.41, 5.74) is 1.11. The van der Waals surface area contributed by atoms with Crippen LogP contribution in [0.15, 0.2) is 54.2 Å². The van der Waals surface area contributed by atoms with E-state index in [-0.39, 0.29) is 17.8 Å². The van der Waals surface area contributed by atoms with Gasteiger partial charge < -0.3 is 20.1 Å². The van der Waals surface area contributed by atoms with Crippen molar-refractivity contribution in [2.45, 2.75) is 51.7 Å². The number of anilines is 3. The molecule has 1 saturated heterocycles. The van der Waals surface area contributed by atoms with Crippen molar-refractivity contribution in [3.05, 3.63) is 65.4 Å². The molecule has 12 nitrogen and oxygen atoms in total. The predicted octanol–water partition coefficient (Wildman–Crippen LogP) is 5.50. The molecule has 230 valence electrons. The van der Waals surface area contributed by atoms with E-state index >= 15 is 0 Å². The smallest absolute Gasteiger partial charge is 0.412 e. The third-order valence-electron chi connectivity index (χ3n) is 6.51. The summed E-state index contributed by atoms with van der Waals surface area (Å²) in [5.74, 6) is -0.443. The number of para-hydroxylation sites is 2. The first-order valence-corrected chi connectivity index (χ1v) is 15.2. The van der Waals surface area contributed by atoms with Crippen LogP contribution in [0.5, 0.6) is 0 Å². The molecular weight excluding hydrogens is 570 g/mol. The molecule has 4 rings (SSSR count). The first kappa shape index (κ1) is 31.9. The van der Waals surface area contributed by atoms with Crippen molar-refractivity contribution < 1.29 is 23.9 Å². The summed E-state index contributed by atoms with van der Waals surface area (Å²) < 4.78 is 10.8. The van der Waals surface area contributed by atoms with Gasteiger partial charge in [0.15, 0.2) is 5.13 Å². The molecule has 3 aromatic rings. The number of urea groups is 1. The molecule has 0 saturated carbocycles. The van der Waals surface area contributed by atoms with Crippen LogP contribution < -0.4 is 21.3 Å². The van der Waals surface area contributed by atoms with Crippen LogP contribution in [0, 0.1) is 0 Å². The monoisotopic (exact) mass is 609 g/mol. The fourth-order valence-corrected chi connectivity index (χ4v) is 4.98. The molecule has 4 amide bonds. The maximum Gasteiger partial charge on any atom is 0.412 e. The minimum absolute atomic E-state index is 0.189. The second kappa shape index (κ2) is 15.4. The van der Waals surface area contributed by atoms with Gasteiger partial charge in [-0.15, -0.1) is 11.3 Å². The molecule has 1 fully saturated rings. The van der Waals surface area contributed by atoms with Crippen LogP contribution in [0.4, 0.5) is 26.1 Å². The Balaban J connectivity index is 1.39. The second-order valence-corrected chi connectivity index (χ2v) is 11.9. The van der Waals surface area contributed by atoms with E-state index in [0.29, 0.717) is 22.9 Å². The minimum atomic E-state index is -0.662. The number of ether oxygens (including phenoxy) is 2. The lowest BCUT2D eigenvalue weighted by Crippen LogP contribution is -2.37. The number of aromatic nitrogens is 2. The number of rotatable bonds is 11. The molecular formula is C30H39N7O5S. The van der Waals surface area contributed by atoms with Crippen LogP contribution in [-0.4, -0.2) is 71.3 Å². The van der Waals surface area contributed by atoms with Gasteiger partial charge >= 0.3 is 12.1 Å². The van der Waals surface area contributed by atoms with Crippen molar-refractivity contribution in [1.29, 1.82) is 0 Å². The quantitative estimate of drug-likeness (QED) is 0.208. The number of morpholine rings is 1. The molecule has 2 aromatic heterocycles. The molecule has 0 aliphatic carbocycles. The number of hydrogen-bond acceptors (Lipinski definition) is 9. The molecule has 1 aromatic carbocycles. The molecule has 4 N–H and O–H groups in total. The summed E-state index contributed by atoms with van der Waals surface area (Å²) in [6.45, 7) is 9.69. The van der Waals surface area contributed by atoms with Crippen LogP contribution in [0.25, 0.3) is 0 Å². The van der Waals surface area contributed by atoms with Crippen LogP contribution >= 0.6 is 11.3 Å². The van der Waals surface area contributed by atoms with Crippen LogP contribution in [0.1, 0.15) is 62.1 Å². The number of thiazole rings is 1. The van der Waals surface area contributed by atoms with Gasteiger partial charge in [0, 0.05) is 30.9 Å². The molecule has 0 radical (unpaired) electrons. The number of nitrogens with zero attached hydrogens (tertiary/aromatic N) is 3. The molecule has 43 heavy (non-hydrogen) atoms. The molecule has 1 aliphatic heterocycles. The largest absolute Gasteiger partial charge is 0.444 e. The van der Waals surface area contributed by atoms with E-state index < -0.39 is 17.6 Å². The zero-order chi connectivity index (χ0) is 30.7. The molecule has 0 spiro atoms. The highest BCUT2D eigenvalue weighted by atomic mass is 32.1. The van der Waals surface area contributed by atoms with Gasteiger partial charge in [-0.3, -0.25) is 25.3 Å². The normalized spacial score (nSPS) is 14.4. The molecule has 0 bridgehead atoms. The highest BCUT2D eigenvalue weighted by Crippen LogP contribution is 2.24. The van der Waals surface area contributed by atoms with Crippen molar-refractivity contribution in [2.75, 3.05) is 48.8 Å². The third-order valence-corrected chi connectivity index (χ3v) is 7.20. The lowest BCUT2D eigenvalue weighted by molar-refractivity contribution is 0.0370. The minimum Gasteiger partial charge on any atom is -0.444 e. The molecule has 1 unspecified atom stereocenters. The first-order valence-electron chi connectivity index (χ1n) is 14.3. The van der Waals surface area contributed by atoms with Gasteiger partial charge in [-0.2, -0.15) is 0 Å². The Morgan fingerprint density at radius 2 is 1.74 bits per heavy atom. The van der Waals surface area contributed by atoms with Gasteiger partial charge in [0.2, 0.25) is 0 Å². The van der Waals surface area contributed by atoms with E-state index in [1.54, 1.807) is 74.9 Å². The van der Waals surface area contributed by atoms with Crippen molar-refractivity contribution >= 4 is 45.9 Å². The van der Waals surface area contributed by atoms with Crippen molar-refractivity contribution in [3.8, 4) is 0 Å². The predicted molar refractivity (Wildman–Crippen MR) is 167 cm³/mol. The molecule has 1 atom stereocenters. The zero-order valence-corrected chi connectivity index (χ0v) is 25.5. The molecule has 1 aliphatic rings. The first-order chi connectivity index (χ1) is 20.7. The number of nitrogens with one attached hydrogen (secondary N) is 4. The van der Waals surface area contributed by atoms with Crippen molar-refractivity contribution in [3.63, 3.8) is 0 Å². The maximum absolute atomic E-state index is 13.1. The average Bonchev–Trinajstić information content (AvgIpc) is 3.48. The highest BCUT2D eigenvalue weighted by molar-refractivity contribution is 7.13. The average molecular weight is 610 g/mol. The fourth-order valence-electron chi connectivity index (χ4n) is 4.45. The van der Waals surface area contributed by atoms with Crippen molar-refractivity contribution in [1.82, 2.24) is 20.2 Å². The Morgan fingerprint density at radius 1 is 1.00 bits per heavy atom. The standard InChI is InChI=1S/C30H39N7O5S/c1-30(2,3)42-29(40)35-24-10-5-4-9-23(24)33-26(38)25-12-11-21(20-32-25)22(34-27(39)36-28-31-13-19-43-28)8-6-7-14-37-15-17-41-18-16-37/h4-5,9-13,19-20,22H,6-8,14-18H2,1-3H3,(H,33,38)(H,35,40)(H2,31,34,36,39). The Bertz CT molecular complexity index is 1340. The summed E-state index contributed by atoms with van der Waals surface area (Å²) in [6, 6.07) is 9.59.